The number of nitrogens with one attached hydrogen (secondary N) is 1. The Kier molecular flexibility index (Phi) is 6.66. The fourth-order valence-electron chi connectivity index (χ4n) is 4.07. The van der Waals surface area contributed by atoms with E-state index in [1.54, 1.807) is 0 Å². The second-order valence-corrected chi connectivity index (χ2v) is 9.53. The first-order valence-corrected chi connectivity index (χ1v) is 12.3. The van der Waals surface area contributed by atoms with Crippen molar-refractivity contribution in [2.24, 2.45) is 0 Å². The lowest BCUT2D eigenvalue weighted by Gasteiger charge is -2.36. The molecule has 0 bridgehead atoms. The summed E-state index contributed by atoms with van der Waals surface area (Å²) in [5.74, 6) is 1.24. The largest absolute Gasteiger partial charge is 0.465 e. The van der Waals surface area contributed by atoms with Crippen molar-refractivity contribution in [3.05, 3.63) is 65.7 Å². The highest BCUT2D eigenvalue weighted by Crippen LogP contribution is 2.36. The molecule has 0 saturated carbocycles. The van der Waals surface area contributed by atoms with Crippen LogP contribution in [0.2, 0.25) is 0 Å². The summed E-state index contributed by atoms with van der Waals surface area (Å²) in [6.45, 7) is 4.53. The van der Waals surface area contributed by atoms with Crippen molar-refractivity contribution in [1.29, 1.82) is 0 Å². The van der Waals surface area contributed by atoms with E-state index in [0.29, 0.717) is 15.7 Å². The predicted molar refractivity (Wildman–Crippen MR) is 137 cm³/mol. The van der Waals surface area contributed by atoms with Crippen molar-refractivity contribution in [1.82, 2.24) is 9.80 Å². The third-order valence-electron chi connectivity index (χ3n) is 5.92. The number of nitrogens with zero attached hydrogens (tertiary/aromatic N) is 2. The van der Waals surface area contributed by atoms with Crippen LogP contribution in [-0.4, -0.2) is 61.0 Å². The molecule has 0 unspecified atom stereocenters. The molecule has 0 aliphatic carbocycles. The highest BCUT2D eigenvalue weighted by molar-refractivity contribution is 7.80. The molecule has 1 N–H and O–H groups in total. The second kappa shape index (κ2) is 10.0. The van der Waals surface area contributed by atoms with Gasteiger partial charge in [0.25, 0.3) is 0 Å². The number of carbonyl (C=O) groups is 1. The van der Waals surface area contributed by atoms with E-state index in [1.807, 2.05) is 42.5 Å². The summed E-state index contributed by atoms with van der Waals surface area (Å²) >= 11 is 7.21. The van der Waals surface area contributed by atoms with Gasteiger partial charge in [0.15, 0.2) is 16.6 Å². The van der Waals surface area contributed by atoms with Crippen LogP contribution >= 0.6 is 23.6 Å². The van der Waals surface area contributed by atoms with Gasteiger partial charge in [-0.1, -0.05) is 36.4 Å². The fraction of sp³-hybridized carbons (Fsp3) is 0.280. The van der Waals surface area contributed by atoms with E-state index in [1.165, 1.54) is 24.0 Å². The van der Waals surface area contributed by atoms with Crippen molar-refractivity contribution in [3.8, 4) is 21.9 Å². The first kappa shape index (κ1) is 22.6. The lowest BCUT2D eigenvalue weighted by Crippen LogP contribution is -2.49. The maximum atomic E-state index is 12.4. The molecule has 0 atom stereocenters. The number of methoxy groups -OCH3 is 1. The van der Waals surface area contributed by atoms with E-state index in [4.69, 9.17) is 26.4 Å². The zero-order chi connectivity index (χ0) is 23.5. The summed E-state index contributed by atoms with van der Waals surface area (Å²) in [6.07, 6.45) is 0. The van der Waals surface area contributed by atoms with Gasteiger partial charge in [0.05, 0.1) is 12.7 Å². The van der Waals surface area contributed by atoms with Gasteiger partial charge in [0.1, 0.15) is 5.00 Å². The minimum absolute atomic E-state index is 0.288. The molecule has 176 valence electrons. The molecule has 34 heavy (non-hydrogen) atoms. The first-order valence-electron chi connectivity index (χ1n) is 11.0. The average molecular weight is 496 g/mol. The third-order valence-corrected chi connectivity index (χ3v) is 7.38. The van der Waals surface area contributed by atoms with Crippen molar-refractivity contribution in [3.63, 3.8) is 0 Å². The Labute approximate surface area is 207 Å². The Morgan fingerprint density at radius 3 is 2.59 bits per heavy atom. The van der Waals surface area contributed by atoms with E-state index in [0.717, 1.165) is 54.7 Å². The van der Waals surface area contributed by atoms with Gasteiger partial charge in [-0.05, 0) is 41.5 Å². The summed E-state index contributed by atoms with van der Waals surface area (Å²) in [5.41, 5.74) is 2.75. The molecular formula is C25H25N3O4S2. The van der Waals surface area contributed by atoms with Crippen molar-refractivity contribution >= 4 is 39.6 Å². The van der Waals surface area contributed by atoms with Gasteiger partial charge in [-0.2, -0.15) is 0 Å². The van der Waals surface area contributed by atoms with Crippen LogP contribution < -0.4 is 14.8 Å². The number of anilines is 1. The maximum absolute atomic E-state index is 12.4. The minimum atomic E-state index is -0.378. The van der Waals surface area contributed by atoms with Crippen molar-refractivity contribution in [2.45, 2.75) is 6.54 Å². The van der Waals surface area contributed by atoms with Crippen molar-refractivity contribution in [2.75, 3.05) is 45.4 Å². The number of hydrogen-bond acceptors (Lipinski definition) is 7. The number of carbonyl (C=O) groups excluding carboxylic acids is 1. The van der Waals surface area contributed by atoms with Crippen LogP contribution in [0.4, 0.5) is 5.00 Å². The Morgan fingerprint density at radius 1 is 1.06 bits per heavy atom. The molecule has 0 amide bonds. The molecule has 9 heteroatoms. The van der Waals surface area contributed by atoms with Crippen LogP contribution in [0, 0.1) is 0 Å². The lowest BCUT2D eigenvalue weighted by molar-refractivity contribution is 0.0602. The zero-order valence-corrected chi connectivity index (χ0v) is 20.4. The molecule has 0 radical (unpaired) electrons. The predicted octanol–water partition coefficient (Wildman–Crippen LogP) is 4.45. The van der Waals surface area contributed by atoms with Gasteiger partial charge < -0.3 is 24.4 Å². The van der Waals surface area contributed by atoms with Crippen LogP contribution in [0.15, 0.2) is 54.6 Å². The topological polar surface area (TPSA) is 63.3 Å². The summed E-state index contributed by atoms with van der Waals surface area (Å²) in [4.78, 5) is 17.9. The molecule has 7 nitrogen and oxygen atoms in total. The quantitative estimate of drug-likeness (QED) is 0.412. The Hall–Kier alpha value is -3.14. The number of fused-ring (bicyclic) bond motifs is 1. The molecule has 1 saturated heterocycles. The second-order valence-electron chi connectivity index (χ2n) is 8.09. The fourth-order valence-corrected chi connectivity index (χ4v) is 5.47. The molecule has 1 fully saturated rings. The third kappa shape index (κ3) is 4.86. The molecule has 0 spiro atoms. The zero-order valence-electron chi connectivity index (χ0n) is 18.8. The van der Waals surface area contributed by atoms with Crippen LogP contribution in [0.3, 0.4) is 0 Å². The molecule has 2 aliphatic heterocycles. The molecule has 2 aromatic carbocycles. The maximum Gasteiger partial charge on any atom is 0.340 e. The van der Waals surface area contributed by atoms with E-state index in [2.05, 4.69) is 27.2 Å². The van der Waals surface area contributed by atoms with E-state index in [-0.39, 0.29) is 12.8 Å². The Balaban J connectivity index is 1.21. The van der Waals surface area contributed by atoms with Gasteiger partial charge in [0, 0.05) is 37.6 Å². The van der Waals surface area contributed by atoms with E-state index >= 15 is 0 Å². The number of thiocarbonyl (C=S) groups is 1. The van der Waals surface area contributed by atoms with E-state index < -0.39 is 0 Å². The standard InChI is InChI=1S/C25H25N3O4S2/c1-30-24(29)19-14-22(18-5-3-2-4-6-18)34-23(19)26-25(33)28-11-9-27(10-12-28)15-17-7-8-20-21(13-17)32-16-31-20/h2-8,13-14H,9-12,15-16H2,1H3,(H,26,33). The number of ether oxygens (including phenoxy) is 3. The summed E-state index contributed by atoms with van der Waals surface area (Å²) in [6, 6.07) is 17.9. The van der Waals surface area contributed by atoms with Crippen LogP contribution in [0.1, 0.15) is 15.9 Å². The Bertz CT molecular complexity index is 1190. The summed E-state index contributed by atoms with van der Waals surface area (Å²) in [7, 11) is 1.39. The first-order chi connectivity index (χ1) is 16.6. The molecule has 3 heterocycles. The minimum Gasteiger partial charge on any atom is -0.465 e. The van der Waals surface area contributed by atoms with Gasteiger partial charge in [0.2, 0.25) is 6.79 Å². The monoisotopic (exact) mass is 495 g/mol. The highest BCUT2D eigenvalue weighted by Gasteiger charge is 2.23. The molecule has 5 rings (SSSR count). The molecule has 3 aromatic rings. The molecule has 2 aliphatic rings. The Morgan fingerprint density at radius 2 is 1.82 bits per heavy atom. The smallest absolute Gasteiger partial charge is 0.340 e. The number of esters is 1. The van der Waals surface area contributed by atoms with Gasteiger partial charge in [-0.15, -0.1) is 11.3 Å². The van der Waals surface area contributed by atoms with Crippen molar-refractivity contribution < 1.29 is 19.0 Å². The average Bonchev–Trinajstić information content (AvgIpc) is 3.51. The van der Waals surface area contributed by atoms with Crippen LogP contribution in [0.25, 0.3) is 10.4 Å². The summed E-state index contributed by atoms with van der Waals surface area (Å²) in [5, 5.41) is 4.63. The number of thiophene rings is 1. The number of rotatable bonds is 5. The number of benzene rings is 2. The normalized spacial score (nSPS) is 15.3. The SMILES string of the molecule is COC(=O)c1cc(-c2ccccc2)sc1NC(=S)N1CCN(Cc2ccc3c(c2)OCO3)CC1. The van der Waals surface area contributed by atoms with Gasteiger partial charge in [-0.3, -0.25) is 4.90 Å². The van der Waals surface area contributed by atoms with E-state index in [9.17, 15) is 4.79 Å². The van der Waals surface area contributed by atoms with Gasteiger partial charge in [-0.25, -0.2) is 4.79 Å². The van der Waals surface area contributed by atoms with Crippen LogP contribution in [0.5, 0.6) is 11.5 Å². The molecule has 1 aromatic heterocycles. The summed E-state index contributed by atoms with van der Waals surface area (Å²) < 4.78 is 15.9. The molecular weight excluding hydrogens is 470 g/mol. The number of piperazine rings is 1. The van der Waals surface area contributed by atoms with Gasteiger partial charge >= 0.3 is 5.97 Å². The van der Waals surface area contributed by atoms with Crippen LogP contribution in [-0.2, 0) is 11.3 Å². The highest BCUT2D eigenvalue weighted by atomic mass is 32.1. The lowest BCUT2D eigenvalue weighted by atomic mass is 10.1. The number of hydrogen-bond donors (Lipinski definition) is 1.